The maximum atomic E-state index is 6.73. The van der Waals surface area contributed by atoms with Crippen molar-refractivity contribution in [2.75, 3.05) is 62.3 Å². The van der Waals surface area contributed by atoms with Crippen LogP contribution in [0.1, 0.15) is 36.6 Å². The third-order valence-corrected chi connectivity index (χ3v) is 10.1. The van der Waals surface area contributed by atoms with Crippen LogP contribution in [0.4, 0.5) is 17.5 Å². The Morgan fingerprint density at radius 2 is 2.05 bits per heavy atom. The zero-order chi connectivity index (χ0) is 28.0. The summed E-state index contributed by atoms with van der Waals surface area (Å²) in [7, 11) is 1.64. The second-order valence-electron chi connectivity index (χ2n) is 11.5. The molecule has 0 radical (unpaired) electrons. The molecule has 216 valence electrons. The number of aromatic nitrogens is 4. The van der Waals surface area contributed by atoms with E-state index < -0.39 is 0 Å². The van der Waals surface area contributed by atoms with Gasteiger partial charge in [0.25, 0.3) is 0 Å². The number of pyridine rings is 2. The van der Waals surface area contributed by atoms with E-state index in [4.69, 9.17) is 35.6 Å². The van der Waals surface area contributed by atoms with E-state index in [1.54, 1.807) is 7.11 Å². The van der Waals surface area contributed by atoms with E-state index in [0.29, 0.717) is 42.8 Å². The van der Waals surface area contributed by atoms with Crippen LogP contribution in [0.2, 0.25) is 0 Å². The van der Waals surface area contributed by atoms with Crippen molar-refractivity contribution >= 4 is 29.2 Å². The van der Waals surface area contributed by atoms with Gasteiger partial charge in [0, 0.05) is 56.8 Å². The number of methoxy groups -OCH3 is 1. The van der Waals surface area contributed by atoms with Crippen molar-refractivity contribution in [3.8, 4) is 5.75 Å². The van der Waals surface area contributed by atoms with Crippen LogP contribution in [0.3, 0.4) is 0 Å². The van der Waals surface area contributed by atoms with Crippen molar-refractivity contribution in [1.82, 2.24) is 19.9 Å². The Balaban J connectivity index is 1.02. The number of nitrogens with zero attached hydrogens (tertiary/aromatic N) is 6. The fourth-order valence-corrected chi connectivity index (χ4v) is 7.75. The molecule has 0 saturated carbocycles. The highest BCUT2D eigenvalue weighted by atomic mass is 32.2. The Bertz CT molecular complexity index is 1420. The van der Waals surface area contributed by atoms with Gasteiger partial charge in [0.2, 0.25) is 0 Å². The SMILES string of the molecule is COCOC[C@H]1C[C@H]2COc3c(Sc4ncc(N5CCC6(CC5)Cc5ncccc5C6N)nc4N)ccnc3N2C1. The molecule has 7 rings (SSSR count). The van der Waals surface area contributed by atoms with Crippen molar-refractivity contribution in [2.24, 2.45) is 17.1 Å². The van der Waals surface area contributed by atoms with Gasteiger partial charge < -0.3 is 35.5 Å². The van der Waals surface area contributed by atoms with Gasteiger partial charge >= 0.3 is 0 Å². The normalized spacial score (nSPS) is 24.2. The Kier molecular flexibility index (Phi) is 7.10. The monoisotopic (exact) mass is 576 g/mol. The van der Waals surface area contributed by atoms with Crippen molar-refractivity contribution < 1.29 is 14.2 Å². The van der Waals surface area contributed by atoms with Gasteiger partial charge in [0.1, 0.15) is 24.2 Å². The molecule has 41 heavy (non-hydrogen) atoms. The van der Waals surface area contributed by atoms with Crippen LogP contribution in [0.15, 0.2) is 46.7 Å². The van der Waals surface area contributed by atoms with Gasteiger partial charge in [0.15, 0.2) is 17.4 Å². The molecule has 0 aromatic carbocycles. The molecule has 3 atom stereocenters. The summed E-state index contributed by atoms with van der Waals surface area (Å²) in [4.78, 5) is 24.3. The van der Waals surface area contributed by atoms with E-state index in [1.165, 1.54) is 17.3 Å². The third-order valence-electron chi connectivity index (χ3n) is 9.08. The van der Waals surface area contributed by atoms with Crippen LogP contribution < -0.4 is 26.0 Å². The second kappa shape index (κ2) is 10.9. The number of fused-ring (bicyclic) bond motifs is 4. The maximum absolute atomic E-state index is 6.73. The first-order chi connectivity index (χ1) is 20.0. The summed E-state index contributed by atoms with van der Waals surface area (Å²) in [5.74, 6) is 3.28. The fourth-order valence-electron chi connectivity index (χ4n) is 6.91. The lowest BCUT2D eigenvalue weighted by Crippen LogP contribution is -2.44. The van der Waals surface area contributed by atoms with Gasteiger partial charge in [-0.3, -0.25) is 4.98 Å². The highest BCUT2D eigenvalue weighted by Crippen LogP contribution is 2.50. The average Bonchev–Trinajstić information content (AvgIpc) is 3.53. The number of anilines is 3. The first-order valence-electron chi connectivity index (χ1n) is 14.2. The van der Waals surface area contributed by atoms with Crippen LogP contribution in [0.25, 0.3) is 0 Å². The predicted molar refractivity (Wildman–Crippen MR) is 156 cm³/mol. The molecule has 3 aliphatic heterocycles. The summed E-state index contributed by atoms with van der Waals surface area (Å²) in [5, 5.41) is 0.660. The lowest BCUT2D eigenvalue weighted by Gasteiger charge is -2.42. The topological polar surface area (TPSA) is 138 Å². The first kappa shape index (κ1) is 26.7. The zero-order valence-electron chi connectivity index (χ0n) is 23.2. The Morgan fingerprint density at radius 3 is 2.85 bits per heavy atom. The molecule has 12 heteroatoms. The number of hydrogen-bond acceptors (Lipinski definition) is 12. The summed E-state index contributed by atoms with van der Waals surface area (Å²) in [6.07, 6.45) is 9.45. The Hall–Kier alpha value is -3.19. The number of ether oxygens (including phenoxy) is 3. The van der Waals surface area contributed by atoms with E-state index in [2.05, 4.69) is 25.8 Å². The molecule has 0 bridgehead atoms. The van der Waals surface area contributed by atoms with Crippen molar-refractivity contribution in [2.45, 2.75) is 47.7 Å². The van der Waals surface area contributed by atoms with Gasteiger partial charge in [-0.2, -0.15) is 0 Å². The first-order valence-corrected chi connectivity index (χ1v) is 15.1. The molecule has 1 aliphatic carbocycles. The molecule has 4 N–H and O–H groups in total. The maximum Gasteiger partial charge on any atom is 0.175 e. The predicted octanol–water partition coefficient (Wildman–Crippen LogP) is 3.05. The van der Waals surface area contributed by atoms with Crippen molar-refractivity contribution in [3.05, 3.63) is 48.0 Å². The highest BCUT2D eigenvalue weighted by Gasteiger charge is 2.46. The largest absolute Gasteiger partial charge is 0.486 e. The highest BCUT2D eigenvalue weighted by molar-refractivity contribution is 7.99. The molecule has 3 aromatic heterocycles. The zero-order valence-corrected chi connectivity index (χ0v) is 24.1. The number of rotatable bonds is 7. The molecule has 11 nitrogen and oxygen atoms in total. The summed E-state index contributed by atoms with van der Waals surface area (Å²) >= 11 is 1.47. The van der Waals surface area contributed by atoms with E-state index in [0.717, 1.165) is 73.3 Å². The Labute approximate surface area is 244 Å². The van der Waals surface area contributed by atoms with E-state index in [9.17, 15) is 0 Å². The molecule has 3 aromatic rings. The molecule has 4 aliphatic rings. The van der Waals surface area contributed by atoms with Crippen LogP contribution in [0.5, 0.6) is 5.75 Å². The summed E-state index contributed by atoms with van der Waals surface area (Å²) < 4.78 is 16.9. The fraction of sp³-hybridized carbons (Fsp3) is 0.517. The molecular formula is C29H36N8O3S. The molecule has 1 spiro atoms. The van der Waals surface area contributed by atoms with Crippen LogP contribution >= 0.6 is 11.8 Å². The summed E-state index contributed by atoms with van der Waals surface area (Å²) in [6.45, 7) is 4.21. The molecular weight excluding hydrogens is 540 g/mol. The van der Waals surface area contributed by atoms with Crippen molar-refractivity contribution in [3.63, 3.8) is 0 Å². The Morgan fingerprint density at radius 1 is 1.17 bits per heavy atom. The molecule has 1 unspecified atom stereocenters. The molecule has 2 fully saturated rings. The molecule has 0 amide bonds. The number of piperidine rings is 1. The summed E-state index contributed by atoms with van der Waals surface area (Å²) in [6, 6.07) is 6.39. The minimum atomic E-state index is 0.0301. The number of hydrogen-bond donors (Lipinski definition) is 2. The molecule has 2 saturated heterocycles. The van der Waals surface area contributed by atoms with Gasteiger partial charge in [-0.15, -0.1) is 0 Å². The van der Waals surface area contributed by atoms with Crippen LogP contribution in [-0.2, 0) is 15.9 Å². The van der Waals surface area contributed by atoms with Gasteiger partial charge in [-0.1, -0.05) is 17.8 Å². The second-order valence-corrected chi connectivity index (χ2v) is 12.6. The number of nitrogens with two attached hydrogens (primary N) is 2. The van der Waals surface area contributed by atoms with Gasteiger partial charge in [-0.25, -0.2) is 15.0 Å². The lowest BCUT2D eigenvalue weighted by atomic mass is 9.73. The molecule has 6 heterocycles. The summed E-state index contributed by atoms with van der Waals surface area (Å²) in [5.41, 5.74) is 15.6. The van der Waals surface area contributed by atoms with Gasteiger partial charge in [-0.05, 0) is 48.8 Å². The van der Waals surface area contributed by atoms with Crippen LogP contribution in [-0.4, -0.2) is 72.7 Å². The lowest BCUT2D eigenvalue weighted by molar-refractivity contribution is -0.0414. The van der Waals surface area contributed by atoms with Gasteiger partial charge in [0.05, 0.1) is 23.7 Å². The van der Waals surface area contributed by atoms with E-state index >= 15 is 0 Å². The average molecular weight is 577 g/mol. The van der Waals surface area contributed by atoms with Crippen LogP contribution in [0, 0.1) is 11.3 Å². The minimum Gasteiger partial charge on any atom is -0.486 e. The van der Waals surface area contributed by atoms with E-state index in [1.807, 2.05) is 30.7 Å². The number of nitrogen functional groups attached to an aromatic ring is 1. The van der Waals surface area contributed by atoms with Crippen molar-refractivity contribution in [1.29, 1.82) is 0 Å². The smallest absolute Gasteiger partial charge is 0.175 e. The minimum absolute atomic E-state index is 0.0301. The quantitative estimate of drug-likeness (QED) is 0.316. The third kappa shape index (κ3) is 4.86. The standard InChI is InChI=1S/C29H36N8O3S/c1-38-17-39-15-18-11-19-16-40-24-22(4-8-33-27(24)37(19)14-18)41-28-26(31)35-23(13-34-28)36-9-5-29(6-10-36)12-21-20(25(29)30)3-2-7-32-21/h2-4,7-8,13,18-19,25H,5-6,9-12,14-17,30H2,1H3,(H2,31,35)/t18-,19-,25?/m0/s1. The van der Waals surface area contributed by atoms with E-state index in [-0.39, 0.29) is 11.5 Å².